The molecular weight excluding hydrogens is 310 g/mol. The molecule has 0 aliphatic carbocycles. The minimum absolute atomic E-state index is 0.281. The summed E-state index contributed by atoms with van der Waals surface area (Å²) in [5.74, 6) is -0.0164. The van der Waals surface area contributed by atoms with Gasteiger partial charge in [0.15, 0.2) is 0 Å². The van der Waals surface area contributed by atoms with Crippen molar-refractivity contribution in [3.8, 4) is 0 Å². The zero-order chi connectivity index (χ0) is 16.1. The fraction of sp³-hybridized carbons (Fsp3) is 0. The summed E-state index contributed by atoms with van der Waals surface area (Å²) in [5.41, 5.74) is 0.510. The van der Waals surface area contributed by atoms with Crippen LogP contribution in [0.5, 0.6) is 0 Å². The molecule has 0 aliphatic heterocycles. The summed E-state index contributed by atoms with van der Waals surface area (Å²) < 4.78 is 12.7. The highest BCUT2D eigenvalue weighted by molar-refractivity contribution is 7.85. The molecule has 0 bridgehead atoms. The fourth-order valence-corrected chi connectivity index (χ4v) is 3.08. The summed E-state index contributed by atoms with van der Waals surface area (Å²) in [7, 11) is -1.47. The number of aromatic nitrogens is 2. The standard InChI is InChI=1S/C17H13N3O2S/c21-17(13-6-2-1-3-7-13)20-16-15(9-5-11-19-16)23(22)14-8-4-10-18-12-14/h1-12H,(H,19,20,21). The predicted octanol–water partition coefficient (Wildman–Crippen LogP) is 2.90. The fourth-order valence-electron chi connectivity index (χ4n) is 1.99. The monoisotopic (exact) mass is 323 g/mol. The Balaban J connectivity index is 1.90. The Bertz CT molecular complexity index is 839. The van der Waals surface area contributed by atoms with Gasteiger partial charge in [-0.15, -0.1) is 0 Å². The second-order valence-electron chi connectivity index (χ2n) is 4.63. The van der Waals surface area contributed by atoms with E-state index in [0.29, 0.717) is 15.4 Å². The molecule has 0 spiro atoms. The van der Waals surface area contributed by atoms with Gasteiger partial charge in [0.2, 0.25) is 0 Å². The number of carbonyl (C=O) groups excluding carboxylic acids is 1. The molecule has 114 valence electrons. The molecule has 23 heavy (non-hydrogen) atoms. The zero-order valence-corrected chi connectivity index (χ0v) is 12.9. The molecule has 0 fully saturated rings. The van der Waals surface area contributed by atoms with Gasteiger partial charge >= 0.3 is 0 Å². The van der Waals surface area contributed by atoms with Gasteiger partial charge in [0.05, 0.1) is 20.6 Å². The highest BCUT2D eigenvalue weighted by Gasteiger charge is 2.15. The van der Waals surface area contributed by atoms with E-state index in [1.54, 1.807) is 60.9 Å². The largest absolute Gasteiger partial charge is 0.306 e. The average molecular weight is 323 g/mol. The molecule has 2 heterocycles. The van der Waals surface area contributed by atoms with Crippen molar-refractivity contribution in [2.45, 2.75) is 9.79 Å². The van der Waals surface area contributed by atoms with E-state index in [2.05, 4.69) is 15.3 Å². The van der Waals surface area contributed by atoms with E-state index < -0.39 is 10.8 Å². The summed E-state index contributed by atoms with van der Waals surface area (Å²) in [4.78, 5) is 21.4. The van der Waals surface area contributed by atoms with E-state index in [-0.39, 0.29) is 11.7 Å². The van der Waals surface area contributed by atoms with Crippen molar-refractivity contribution in [2.24, 2.45) is 0 Å². The smallest absolute Gasteiger partial charge is 0.256 e. The van der Waals surface area contributed by atoms with E-state index >= 15 is 0 Å². The molecule has 0 aliphatic rings. The van der Waals surface area contributed by atoms with Crippen molar-refractivity contribution < 1.29 is 9.00 Å². The Morgan fingerprint density at radius 2 is 1.74 bits per heavy atom. The second kappa shape index (κ2) is 6.93. The van der Waals surface area contributed by atoms with Gasteiger partial charge in [-0.3, -0.25) is 9.78 Å². The molecule has 1 unspecified atom stereocenters. The summed E-state index contributed by atoms with van der Waals surface area (Å²) >= 11 is 0. The second-order valence-corrected chi connectivity index (χ2v) is 6.08. The highest BCUT2D eigenvalue weighted by Crippen LogP contribution is 2.22. The third-order valence-electron chi connectivity index (χ3n) is 3.09. The van der Waals surface area contributed by atoms with Crippen molar-refractivity contribution in [1.82, 2.24) is 9.97 Å². The van der Waals surface area contributed by atoms with Gasteiger partial charge in [0, 0.05) is 24.2 Å². The van der Waals surface area contributed by atoms with Crippen LogP contribution in [0.2, 0.25) is 0 Å². The number of benzene rings is 1. The molecule has 0 saturated carbocycles. The van der Waals surface area contributed by atoms with Crippen LogP contribution in [-0.2, 0) is 10.8 Å². The summed E-state index contributed by atoms with van der Waals surface area (Å²) in [6, 6.07) is 15.6. The molecule has 1 N–H and O–H groups in total. The quantitative estimate of drug-likeness (QED) is 0.801. The minimum atomic E-state index is -1.47. The van der Waals surface area contributed by atoms with E-state index in [0.717, 1.165) is 0 Å². The van der Waals surface area contributed by atoms with E-state index in [9.17, 15) is 9.00 Å². The molecule has 1 aromatic carbocycles. The Labute approximate surface area is 135 Å². The van der Waals surface area contributed by atoms with Crippen molar-refractivity contribution in [2.75, 3.05) is 5.32 Å². The molecule has 3 aromatic rings. The van der Waals surface area contributed by atoms with E-state index in [1.165, 1.54) is 6.20 Å². The van der Waals surface area contributed by atoms with Gasteiger partial charge in [0.1, 0.15) is 5.82 Å². The van der Waals surface area contributed by atoms with Crippen molar-refractivity contribution in [1.29, 1.82) is 0 Å². The Hall–Kier alpha value is -2.86. The summed E-state index contributed by atoms with van der Waals surface area (Å²) in [5, 5.41) is 2.71. The molecule has 1 atom stereocenters. The lowest BCUT2D eigenvalue weighted by atomic mass is 10.2. The van der Waals surface area contributed by atoms with Crippen molar-refractivity contribution in [3.63, 3.8) is 0 Å². The van der Waals surface area contributed by atoms with Crippen LogP contribution in [-0.4, -0.2) is 20.1 Å². The number of nitrogens with one attached hydrogen (secondary N) is 1. The predicted molar refractivity (Wildman–Crippen MR) is 87.5 cm³/mol. The van der Waals surface area contributed by atoms with Crippen LogP contribution >= 0.6 is 0 Å². The van der Waals surface area contributed by atoms with Crippen LogP contribution in [0.15, 0.2) is 83.0 Å². The summed E-state index contributed by atoms with van der Waals surface area (Å²) in [6.45, 7) is 0. The number of amides is 1. The molecule has 0 radical (unpaired) electrons. The molecule has 0 saturated heterocycles. The maximum Gasteiger partial charge on any atom is 0.256 e. The number of hydrogen-bond donors (Lipinski definition) is 1. The third-order valence-corrected chi connectivity index (χ3v) is 4.49. The third kappa shape index (κ3) is 3.49. The van der Waals surface area contributed by atoms with Crippen LogP contribution in [0.4, 0.5) is 5.82 Å². The zero-order valence-electron chi connectivity index (χ0n) is 12.0. The lowest BCUT2D eigenvalue weighted by Crippen LogP contribution is -2.14. The molecule has 2 aromatic heterocycles. The number of hydrogen-bond acceptors (Lipinski definition) is 4. The van der Waals surface area contributed by atoms with Gasteiger partial charge in [-0.2, -0.15) is 0 Å². The van der Waals surface area contributed by atoms with Gasteiger partial charge in [0.25, 0.3) is 5.91 Å². The van der Waals surface area contributed by atoms with Crippen molar-refractivity contribution >= 4 is 22.5 Å². The molecule has 5 nitrogen and oxygen atoms in total. The van der Waals surface area contributed by atoms with Gasteiger partial charge < -0.3 is 5.32 Å². The first-order valence-corrected chi connectivity index (χ1v) is 8.04. The maximum absolute atomic E-state index is 12.7. The molecule has 6 heteroatoms. The van der Waals surface area contributed by atoms with E-state index in [4.69, 9.17) is 0 Å². The van der Waals surface area contributed by atoms with Crippen LogP contribution in [0.1, 0.15) is 10.4 Å². The Kier molecular flexibility index (Phi) is 4.54. The van der Waals surface area contributed by atoms with E-state index in [1.807, 2.05) is 6.07 Å². The lowest BCUT2D eigenvalue weighted by Gasteiger charge is -2.09. The van der Waals surface area contributed by atoms with Gasteiger partial charge in [-0.1, -0.05) is 18.2 Å². The number of rotatable bonds is 4. The van der Waals surface area contributed by atoms with Crippen LogP contribution in [0.3, 0.4) is 0 Å². The highest BCUT2D eigenvalue weighted by atomic mass is 32.2. The van der Waals surface area contributed by atoms with Gasteiger partial charge in [-0.05, 0) is 36.4 Å². The maximum atomic E-state index is 12.7. The SMILES string of the molecule is O=C(Nc1ncccc1S(=O)c1cccnc1)c1ccccc1. The Morgan fingerprint density at radius 3 is 2.48 bits per heavy atom. The van der Waals surface area contributed by atoms with Crippen LogP contribution < -0.4 is 5.32 Å². The molecule has 3 rings (SSSR count). The first kappa shape index (κ1) is 15.1. The van der Waals surface area contributed by atoms with Crippen molar-refractivity contribution in [3.05, 3.63) is 78.8 Å². The number of anilines is 1. The lowest BCUT2D eigenvalue weighted by molar-refractivity contribution is 0.102. The Morgan fingerprint density at radius 1 is 0.957 bits per heavy atom. The number of carbonyl (C=O) groups is 1. The average Bonchev–Trinajstić information content (AvgIpc) is 2.63. The number of nitrogens with zero attached hydrogens (tertiary/aromatic N) is 2. The first-order valence-electron chi connectivity index (χ1n) is 6.89. The molecular formula is C17H13N3O2S. The summed E-state index contributed by atoms with van der Waals surface area (Å²) in [6.07, 6.45) is 4.69. The molecule has 1 amide bonds. The van der Waals surface area contributed by atoms with Gasteiger partial charge in [-0.25, -0.2) is 9.19 Å². The topological polar surface area (TPSA) is 72.0 Å². The first-order chi connectivity index (χ1) is 11.3. The number of pyridine rings is 2. The minimum Gasteiger partial charge on any atom is -0.306 e. The van der Waals surface area contributed by atoms with Crippen LogP contribution in [0, 0.1) is 0 Å². The van der Waals surface area contributed by atoms with Crippen LogP contribution in [0.25, 0.3) is 0 Å². The normalized spacial score (nSPS) is 11.7.